The Morgan fingerprint density at radius 3 is 3.00 bits per heavy atom. The van der Waals surface area contributed by atoms with Crippen molar-refractivity contribution in [3.8, 4) is 5.75 Å². The van der Waals surface area contributed by atoms with Crippen LogP contribution < -0.4 is 10.1 Å². The predicted octanol–water partition coefficient (Wildman–Crippen LogP) is 3.52. The van der Waals surface area contributed by atoms with Crippen molar-refractivity contribution in [1.29, 1.82) is 0 Å². The normalized spacial score (nSPS) is 13.9. The molecule has 1 N–H and O–H groups in total. The van der Waals surface area contributed by atoms with E-state index in [0.717, 1.165) is 42.3 Å². The third-order valence-electron chi connectivity index (χ3n) is 3.04. The lowest BCUT2D eigenvalue weighted by molar-refractivity contribution is 0.352. The molecule has 2 rings (SSSR count). The highest BCUT2D eigenvalue weighted by Gasteiger charge is 2.16. The van der Waals surface area contributed by atoms with Crippen LogP contribution in [0.4, 0.5) is 0 Å². The van der Waals surface area contributed by atoms with Crippen LogP contribution in [-0.2, 0) is 13.0 Å². The molecular formula is C14H20BrNO. The molecule has 0 fully saturated rings. The van der Waals surface area contributed by atoms with Crippen molar-refractivity contribution < 1.29 is 4.74 Å². The Bertz CT molecular complexity index is 390. The fourth-order valence-corrected chi connectivity index (χ4v) is 2.64. The zero-order valence-corrected chi connectivity index (χ0v) is 12.1. The summed E-state index contributed by atoms with van der Waals surface area (Å²) in [5.74, 6) is 1.86. The minimum atomic E-state index is 0.756. The molecule has 1 aliphatic heterocycles. The van der Waals surface area contributed by atoms with Gasteiger partial charge in [-0.3, -0.25) is 0 Å². The molecule has 1 aliphatic rings. The molecule has 1 aromatic carbocycles. The largest absolute Gasteiger partial charge is 0.493 e. The van der Waals surface area contributed by atoms with Crippen molar-refractivity contribution in [2.24, 2.45) is 5.92 Å². The van der Waals surface area contributed by atoms with Crippen LogP contribution in [0.1, 0.15) is 31.4 Å². The molecule has 2 nitrogen and oxygen atoms in total. The van der Waals surface area contributed by atoms with E-state index in [-0.39, 0.29) is 0 Å². The molecule has 0 atom stereocenters. The first-order valence-corrected chi connectivity index (χ1v) is 7.11. The summed E-state index contributed by atoms with van der Waals surface area (Å²) in [5.41, 5.74) is 2.61. The lowest BCUT2D eigenvalue weighted by atomic mass is 10.1. The highest BCUT2D eigenvalue weighted by atomic mass is 79.9. The van der Waals surface area contributed by atoms with E-state index in [0.29, 0.717) is 0 Å². The third-order valence-corrected chi connectivity index (χ3v) is 3.50. The number of nitrogens with one attached hydrogen (secondary N) is 1. The maximum absolute atomic E-state index is 5.70. The molecule has 0 spiro atoms. The smallest absolute Gasteiger partial charge is 0.127 e. The van der Waals surface area contributed by atoms with E-state index in [1.165, 1.54) is 17.5 Å². The first-order chi connectivity index (χ1) is 8.16. The minimum Gasteiger partial charge on any atom is -0.493 e. The summed E-state index contributed by atoms with van der Waals surface area (Å²) in [4.78, 5) is 0. The summed E-state index contributed by atoms with van der Waals surface area (Å²) < 4.78 is 6.86. The number of rotatable bonds is 5. The van der Waals surface area contributed by atoms with Gasteiger partial charge in [0.15, 0.2) is 0 Å². The molecule has 0 unspecified atom stereocenters. The van der Waals surface area contributed by atoms with Crippen LogP contribution in [0.3, 0.4) is 0 Å². The van der Waals surface area contributed by atoms with Crippen molar-refractivity contribution in [3.63, 3.8) is 0 Å². The number of ether oxygens (including phenoxy) is 1. The van der Waals surface area contributed by atoms with Crippen LogP contribution in [0.25, 0.3) is 0 Å². The van der Waals surface area contributed by atoms with Gasteiger partial charge in [-0.25, -0.2) is 0 Å². The Morgan fingerprint density at radius 1 is 1.41 bits per heavy atom. The molecule has 1 aromatic rings. The number of halogens is 1. The summed E-state index contributed by atoms with van der Waals surface area (Å²) in [6.07, 6.45) is 2.25. The van der Waals surface area contributed by atoms with Gasteiger partial charge >= 0.3 is 0 Å². The van der Waals surface area contributed by atoms with Crippen molar-refractivity contribution in [2.45, 2.75) is 33.2 Å². The quantitative estimate of drug-likeness (QED) is 0.840. The Balaban J connectivity index is 1.96. The van der Waals surface area contributed by atoms with E-state index in [2.05, 4.69) is 47.2 Å². The van der Waals surface area contributed by atoms with Crippen LogP contribution in [-0.4, -0.2) is 13.2 Å². The van der Waals surface area contributed by atoms with Crippen LogP contribution in [0, 0.1) is 5.92 Å². The van der Waals surface area contributed by atoms with E-state index in [4.69, 9.17) is 4.74 Å². The summed E-state index contributed by atoms with van der Waals surface area (Å²) in [6, 6.07) is 4.33. The molecule has 0 aliphatic carbocycles. The van der Waals surface area contributed by atoms with Crippen LogP contribution in [0.5, 0.6) is 5.75 Å². The highest BCUT2D eigenvalue weighted by Crippen LogP contribution is 2.32. The monoisotopic (exact) mass is 297 g/mol. The van der Waals surface area contributed by atoms with Gasteiger partial charge in [-0.1, -0.05) is 29.8 Å². The van der Waals surface area contributed by atoms with E-state index in [1.54, 1.807) is 0 Å². The molecular weight excluding hydrogens is 278 g/mol. The van der Waals surface area contributed by atoms with Gasteiger partial charge in [0.05, 0.1) is 6.61 Å². The average Bonchev–Trinajstić information content (AvgIpc) is 2.71. The first-order valence-electron chi connectivity index (χ1n) is 6.31. The van der Waals surface area contributed by atoms with Gasteiger partial charge in [-0.15, -0.1) is 0 Å². The lowest BCUT2D eigenvalue weighted by Crippen LogP contribution is -2.16. The second-order valence-corrected chi connectivity index (χ2v) is 5.93. The number of hydrogen-bond acceptors (Lipinski definition) is 2. The molecule has 0 saturated heterocycles. The average molecular weight is 298 g/mol. The molecule has 94 valence electrons. The summed E-state index contributed by atoms with van der Waals surface area (Å²) in [5, 5.41) is 3.49. The van der Waals surface area contributed by atoms with Gasteiger partial charge in [0.1, 0.15) is 5.75 Å². The molecule has 3 heteroatoms. The standard InChI is InChI=1S/C14H20BrNO/c1-10(2)3-5-16-9-12-8-13(15)7-11-4-6-17-14(11)12/h7-8,10,16H,3-6,9H2,1-2H3. The molecule has 0 bridgehead atoms. The molecule has 1 heterocycles. The second kappa shape index (κ2) is 5.87. The van der Waals surface area contributed by atoms with Gasteiger partial charge in [-0.05, 0) is 36.6 Å². The van der Waals surface area contributed by atoms with Crippen LogP contribution >= 0.6 is 15.9 Å². The van der Waals surface area contributed by atoms with Gasteiger partial charge in [0.2, 0.25) is 0 Å². The SMILES string of the molecule is CC(C)CCNCc1cc(Br)cc2c1OCC2. The predicted molar refractivity (Wildman–Crippen MR) is 74.5 cm³/mol. The lowest BCUT2D eigenvalue weighted by Gasteiger charge is -2.11. The van der Waals surface area contributed by atoms with Gasteiger partial charge in [0.25, 0.3) is 0 Å². The number of benzene rings is 1. The maximum atomic E-state index is 5.70. The van der Waals surface area contributed by atoms with E-state index >= 15 is 0 Å². The van der Waals surface area contributed by atoms with Crippen molar-refractivity contribution in [1.82, 2.24) is 5.32 Å². The fraction of sp³-hybridized carbons (Fsp3) is 0.571. The summed E-state index contributed by atoms with van der Waals surface area (Å²) in [7, 11) is 0. The van der Waals surface area contributed by atoms with Crippen molar-refractivity contribution >= 4 is 15.9 Å². The molecule has 0 amide bonds. The van der Waals surface area contributed by atoms with Crippen molar-refractivity contribution in [2.75, 3.05) is 13.2 Å². The van der Waals surface area contributed by atoms with E-state index < -0.39 is 0 Å². The Labute approximate surface area is 112 Å². The Morgan fingerprint density at radius 2 is 2.24 bits per heavy atom. The summed E-state index contributed by atoms with van der Waals surface area (Å²) in [6.45, 7) is 7.29. The minimum absolute atomic E-state index is 0.756. The van der Waals surface area contributed by atoms with E-state index in [1.807, 2.05) is 0 Å². The van der Waals surface area contributed by atoms with Gasteiger partial charge < -0.3 is 10.1 Å². The molecule has 0 saturated carbocycles. The van der Waals surface area contributed by atoms with Crippen LogP contribution in [0.2, 0.25) is 0 Å². The maximum Gasteiger partial charge on any atom is 0.127 e. The number of hydrogen-bond donors (Lipinski definition) is 1. The third kappa shape index (κ3) is 3.46. The Kier molecular flexibility index (Phi) is 4.46. The molecule has 17 heavy (non-hydrogen) atoms. The molecule has 0 radical (unpaired) electrons. The Hall–Kier alpha value is -0.540. The van der Waals surface area contributed by atoms with Gasteiger partial charge in [-0.2, -0.15) is 0 Å². The second-order valence-electron chi connectivity index (χ2n) is 5.01. The van der Waals surface area contributed by atoms with Crippen LogP contribution in [0.15, 0.2) is 16.6 Å². The summed E-state index contributed by atoms with van der Waals surface area (Å²) >= 11 is 3.56. The molecule has 0 aromatic heterocycles. The number of fused-ring (bicyclic) bond motifs is 1. The van der Waals surface area contributed by atoms with E-state index in [9.17, 15) is 0 Å². The van der Waals surface area contributed by atoms with Crippen molar-refractivity contribution in [3.05, 3.63) is 27.7 Å². The van der Waals surface area contributed by atoms with Gasteiger partial charge in [0, 0.05) is 23.0 Å². The zero-order chi connectivity index (χ0) is 12.3. The highest BCUT2D eigenvalue weighted by molar-refractivity contribution is 9.10. The zero-order valence-electron chi connectivity index (χ0n) is 10.6. The first kappa shape index (κ1) is 12.9. The fourth-order valence-electron chi connectivity index (χ4n) is 2.09. The topological polar surface area (TPSA) is 21.3 Å².